The number of nitrogens with one attached hydrogen (secondary N) is 1. The average Bonchev–Trinajstić information content (AvgIpc) is 3.23. The van der Waals surface area contributed by atoms with Gasteiger partial charge in [-0.2, -0.15) is 0 Å². The maximum atomic E-state index is 13.0. The van der Waals surface area contributed by atoms with E-state index in [-0.39, 0.29) is 11.7 Å². The topological polar surface area (TPSA) is 69.0 Å². The number of nitrogens with zero attached hydrogens (tertiary/aromatic N) is 3. The van der Waals surface area contributed by atoms with E-state index in [1.165, 1.54) is 11.8 Å². The van der Waals surface area contributed by atoms with Gasteiger partial charge in [0, 0.05) is 17.8 Å². The zero-order chi connectivity index (χ0) is 24.7. The van der Waals surface area contributed by atoms with Crippen LogP contribution in [0.25, 0.3) is 11.4 Å². The molecule has 0 fully saturated rings. The van der Waals surface area contributed by atoms with E-state index in [1.54, 1.807) is 7.11 Å². The van der Waals surface area contributed by atoms with Crippen LogP contribution in [0.4, 0.5) is 5.69 Å². The fraction of sp³-hybridized carbons (Fsp3) is 0.444. The third-order valence-corrected chi connectivity index (χ3v) is 6.74. The van der Waals surface area contributed by atoms with Gasteiger partial charge in [0.05, 0.1) is 12.9 Å². The lowest BCUT2D eigenvalue weighted by Gasteiger charge is -2.20. The molecule has 0 spiro atoms. The summed E-state index contributed by atoms with van der Waals surface area (Å²) >= 11 is 1.43. The number of aromatic nitrogens is 3. The summed E-state index contributed by atoms with van der Waals surface area (Å²) in [4.78, 5) is 13.0. The van der Waals surface area contributed by atoms with Gasteiger partial charge >= 0.3 is 0 Å². The molecule has 0 aliphatic carbocycles. The van der Waals surface area contributed by atoms with E-state index >= 15 is 0 Å². The summed E-state index contributed by atoms with van der Waals surface area (Å²) in [5, 5.41) is 12.8. The molecule has 0 radical (unpaired) electrons. The van der Waals surface area contributed by atoms with Gasteiger partial charge in [-0.1, -0.05) is 71.0 Å². The standard InChI is InChI=1S/C27H36N4O2S/c1-7-8-16-31-26(20-12-14-21(33-6)15-13-20)29-30-27(31)34-17-24(32)28-25-22(18(2)3)10-9-11-23(25)19(4)5/h9-15,18-19H,7-8,16-17H2,1-6H3,(H,28,32). The Bertz CT molecular complexity index is 1060. The molecule has 182 valence electrons. The Hall–Kier alpha value is -2.80. The largest absolute Gasteiger partial charge is 0.497 e. The third kappa shape index (κ3) is 6.20. The summed E-state index contributed by atoms with van der Waals surface area (Å²) in [6, 6.07) is 14.1. The molecule has 1 aromatic heterocycles. The smallest absolute Gasteiger partial charge is 0.234 e. The molecule has 6 nitrogen and oxygen atoms in total. The molecule has 0 atom stereocenters. The SMILES string of the molecule is CCCCn1c(SCC(=O)Nc2c(C(C)C)cccc2C(C)C)nnc1-c1ccc(OC)cc1. The van der Waals surface area contributed by atoms with Crippen molar-refractivity contribution in [3.8, 4) is 17.1 Å². The zero-order valence-electron chi connectivity index (χ0n) is 21.1. The number of carbonyl (C=O) groups is 1. The van der Waals surface area contributed by atoms with Gasteiger partial charge in [0.25, 0.3) is 0 Å². The molecule has 0 aliphatic heterocycles. The molecule has 0 aliphatic rings. The van der Waals surface area contributed by atoms with Crippen molar-refractivity contribution in [2.45, 2.75) is 71.0 Å². The van der Waals surface area contributed by atoms with E-state index in [0.29, 0.717) is 11.8 Å². The highest BCUT2D eigenvalue weighted by Gasteiger charge is 2.18. The number of methoxy groups -OCH3 is 1. The Labute approximate surface area is 207 Å². The van der Waals surface area contributed by atoms with Crippen LogP contribution in [0.5, 0.6) is 5.75 Å². The number of rotatable bonds is 11. The van der Waals surface area contributed by atoms with E-state index in [9.17, 15) is 4.79 Å². The molecule has 1 N–H and O–H groups in total. The molecule has 0 saturated heterocycles. The van der Waals surface area contributed by atoms with Crippen molar-refractivity contribution < 1.29 is 9.53 Å². The number of benzene rings is 2. The van der Waals surface area contributed by atoms with Crippen LogP contribution in [0.3, 0.4) is 0 Å². The highest BCUT2D eigenvalue weighted by Crippen LogP contribution is 2.33. The van der Waals surface area contributed by atoms with Crippen molar-refractivity contribution in [2.75, 3.05) is 18.2 Å². The van der Waals surface area contributed by atoms with Gasteiger partial charge in [-0.25, -0.2) is 0 Å². The minimum atomic E-state index is -0.0314. The minimum absolute atomic E-state index is 0.0314. The molecular formula is C27H36N4O2S. The Morgan fingerprint density at radius 3 is 2.24 bits per heavy atom. The van der Waals surface area contributed by atoms with Crippen LogP contribution in [0.1, 0.15) is 70.4 Å². The van der Waals surface area contributed by atoms with Gasteiger partial charge in [0.2, 0.25) is 5.91 Å². The summed E-state index contributed by atoms with van der Waals surface area (Å²) < 4.78 is 7.39. The Morgan fingerprint density at radius 2 is 1.68 bits per heavy atom. The van der Waals surface area contributed by atoms with Crippen LogP contribution in [0.2, 0.25) is 0 Å². The molecule has 1 amide bonds. The van der Waals surface area contributed by atoms with Crippen molar-refractivity contribution >= 4 is 23.4 Å². The van der Waals surface area contributed by atoms with Crippen LogP contribution in [0.15, 0.2) is 47.6 Å². The van der Waals surface area contributed by atoms with Crippen LogP contribution in [-0.2, 0) is 11.3 Å². The summed E-state index contributed by atoms with van der Waals surface area (Å²) in [6.07, 6.45) is 2.08. The maximum Gasteiger partial charge on any atom is 0.234 e. The number of unbranched alkanes of at least 4 members (excludes halogenated alkanes) is 1. The number of thioether (sulfide) groups is 1. The first kappa shape index (κ1) is 25.8. The number of carbonyl (C=O) groups excluding carboxylic acids is 1. The summed E-state index contributed by atoms with van der Waals surface area (Å²) in [6.45, 7) is 11.6. The summed E-state index contributed by atoms with van der Waals surface area (Å²) in [5.74, 6) is 2.51. The van der Waals surface area contributed by atoms with Crippen molar-refractivity contribution in [3.05, 3.63) is 53.6 Å². The quantitative estimate of drug-likeness (QED) is 0.308. The highest BCUT2D eigenvalue weighted by atomic mass is 32.2. The lowest BCUT2D eigenvalue weighted by Crippen LogP contribution is -2.18. The Balaban J connectivity index is 1.79. The number of ether oxygens (including phenoxy) is 1. The second kappa shape index (κ2) is 12.1. The lowest BCUT2D eigenvalue weighted by atomic mass is 9.92. The second-order valence-electron chi connectivity index (χ2n) is 9.00. The Kier molecular flexibility index (Phi) is 9.16. The van der Waals surface area contributed by atoms with Gasteiger partial charge in [-0.3, -0.25) is 4.79 Å². The fourth-order valence-corrected chi connectivity index (χ4v) is 4.63. The average molecular weight is 481 g/mol. The van der Waals surface area contributed by atoms with Crippen LogP contribution >= 0.6 is 11.8 Å². The van der Waals surface area contributed by atoms with Crippen molar-refractivity contribution in [1.82, 2.24) is 14.8 Å². The zero-order valence-corrected chi connectivity index (χ0v) is 21.9. The molecule has 34 heavy (non-hydrogen) atoms. The highest BCUT2D eigenvalue weighted by molar-refractivity contribution is 7.99. The number of amides is 1. The number of anilines is 1. The molecule has 3 aromatic rings. The maximum absolute atomic E-state index is 13.0. The van der Waals surface area contributed by atoms with Gasteiger partial charge in [0.1, 0.15) is 5.75 Å². The monoisotopic (exact) mass is 480 g/mol. The molecule has 7 heteroatoms. The van der Waals surface area contributed by atoms with E-state index in [4.69, 9.17) is 4.74 Å². The van der Waals surface area contributed by atoms with Crippen LogP contribution in [-0.4, -0.2) is 33.5 Å². The molecule has 2 aromatic carbocycles. The van der Waals surface area contributed by atoms with Crippen molar-refractivity contribution in [2.24, 2.45) is 0 Å². The van der Waals surface area contributed by atoms with Gasteiger partial charge in [-0.15, -0.1) is 10.2 Å². The molecule has 0 unspecified atom stereocenters. The second-order valence-corrected chi connectivity index (χ2v) is 9.94. The van der Waals surface area contributed by atoms with Gasteiger partial charge < -0.3 is 14.6 Å². The van der Waals surface area contributed by atoms with E-state index < -0.39 is 0 Å². The predicted octanol–water partition coefficient (Wildman–Crippen LogP) is 6.73. The number of hydrogen-bond donors (Lipinski definition) is 1. The lowest BCUT2D eigenvalue weighted by molar-refractivity contribution is -0.113. The molecular weight excluding hydrogens is 444 g/mol. The molecule has 3 rings (SSSR count). The first-order valence-electron chi connectivity index (χ1n) is 12.0. The third-order valence-electron chi connectivity index (χ3n) is 5.77. The Morgan fingerprint density at radius 1 is 1.03 bits per heavy atom. The fourth-order valence-electron chi connectivity index (χ4n) is 3.87. The summed E-state index contributed by atoms with van der Waals surface area (Å²) in [7, 11) is 1.65. The first-order valence-corrected chi connectivity index (χ1v) is 13.0. The molecule has 1 heterocycles. The minimum Gasteiger partial charge on any atom is -0.497 e. The van der Waals surface area contributed by atoms with Crippen LogP contribution < -0.4 is 10.1 Å². The normalized spacial score (nSPS) is 11.3. The van der Waals surface area contributed by atoms with Gasteiger partial charge in [0.15, 0.2) is 11.0 Å². The predicted molar refractivity (Wildman–Crippen MR) is 141 cm³/mol. The summed E-state index contributed by atoms with van der Waals surface area (Å²) in [5.41, 5.74) is 4.26. The first-order chi connectivity index (χ1) is 16.3. The van der Waals surface area contributed by atoms with Crippen molar-refractivity contribution in [3.63, 3.8) is 0 Å². The van der Waals surface area contributed by atoms with Gasteiger partial charge in [-0.05, 0) is 53.6 Å². The van der Waals surface area contributed by atoms with Crippen molar-refractivity contribution in [1.29, 1.82) is 0 Å². The molecule has 0 bridgehead atoms. The van der Waals surface area contributed by atoms with Crippen LogP contribution in [0, 0.1) is 0 Å². The van der Waals surface area contributed by atoms with E-state index in [0.717, 1.165) is 58.5 Å². The van der Waals surface area contributed by atoms with E-state index in [1.807, 2.05) is 24.3 Å². The number of hydrogen-bond acceptors (Lipinski definition) is 5. The van der Waals surface area contributed by atoms with E-state index in [2.05, 4.69) is 72.9 Å². The number of para-hydroxylation sites is 1. The molecule has 0 saturated carbocycles.